The second-order valence-electron chi connectivity index (χ2n) is 8.08. The van der Waals surface area contributed by atoms with Crippen LogP contribution in [0.2, 0.25) is 10.0 Å². The highest BCUT2D eigenvalue weighted by Crippen LogP contribution is 2.34. The van der Waals surface area contributed by atoms with Gasteiger partial charge in [0.25, 0.3) is 5.91 Å². The van der Waals surface area contributed by atoms with E-state index in [1.54, 1.807) is 54.6 Å². The number of para-hydroxylation sites is 1. The summed E-state index contributed by atoms with van der Waals surface area (Å²) in [6, 6.07) is 18.9. The van der Waals surface area contributed by atoms with E-state index in [-0.39, 0.29) is 34.5 Å². The van der Waals surface area contributed by atoms with Crippen LogP contribution in [0, 0.1) is 0 Å². The van der Waals surface area contributed by atoms with Crippen LogP contribution in [0.3, 0.4) is 0 Å². The summed E-state index contributed by atoms with van der Waals surface area (Å²) in [6.07, 6.45) is -4.96. The minimum atomic E-state index is -4.67. The van der Waals surface area contributed by atoms with Crippen LogP contribution in [0.25, 0.3) is 16.8 Å². The number of alkyl halides is 3. The standard InChI is InChI=1S/C25H19BCl2F3N3O4/c27-20-2-1-3-21(28)23(20)34-18(12-22(33-34)25(29,30)31)13-38-19-10-8-16(9-11-19)15-4-6-17(7-5-15)24(35)32-14-26(36)37/h1-12,36-37H,13-14H2,(H,32,35). The van der Waals surface area contributed by atoms with Crippen molar-refractivity contribution in [2.75, 3.05) is 6.44 Å². The molecule has 38 heavy (non-hydrogen) atoms. The Kier molecular flexibility index (Phi) is 8.32. The first-order chi connectivity index (χ1) is 18.0. The number of carbonyl (C=O) groups is 1. The van der Waals surface area contributed by atoms with Gasteiger partial charge in [0.1, 0.15) is 18.0 Å². The van der Waals surface area contributed by atoms with Crippen molar-refractivity contribution < 1.29 is 32.8 Å². The second kappa shape index (κ2) is 11.5. The van der Waals surface area contributed by atoms with Crippen molar-refractivity contribution in [1.82, 2.24) is 15.1 Å². The summed E-state index contributed by atoms with van der Waals surface area (Å²) >= 11 is 12.4. The third kappa shape index (κ3) is 6.49. The molecule has 0 saturated heterocycles. The van der Waals surface area contributed by atoms with Crippen LogP contribution in [-0.4, -0.2) is 39.3 Å². The molecule has 13 heteroatoms. The fourth-order valence-electron chi connectivity index (χ4n) is 3.55. The molecule has 1 heterocycles. The molecular weight excluding hydrogens is 545 g/mol. The molecule has 0 aliphatic heterocycles. The van der Waals surface area contributed by atoms with Crippen LogP contribution in [0.4, 0.5) is 13.2 Å². The lowest BCUT2D eigenvalue weighted by molar-refractivity contribution is -0.141. The second-order valence-corrected chi connectivity index (χ2v) is 8.90. The average Bonchev–Trinajstić information content (AvgIpc) is 3.31. The normalized spacial score (nSPS) is 11.3. The predicted molar refractivity (Wildman–Crippen MR) is 137 cm³/mol. The fourth-order valence-corrected chi connectivity index (χ4v) is 4.10. The van der Waals surface area contributed by atoms with Crippen LogP contribution in [0.5, 0.6) is 5.75 Å². The topological polar surface area (TPSA) is 96.6 Å². The number of ether oxygens (including phenoxy) is 1. The Hall–Kier alpha value is -3.51. The summed E-state index contributed by atoms with van der Waals surface area (Å²) in [6.45, 7) is -0.240. The van der Waals surface area contributed by atoms with Gasteiger partial charge in [-0.3, -0.25) is 4.79 Å². The Labute approximate surface area is 225 Å². The van der Waals surface area contributed by atoms with E-state index in [2.05, 4.69) is 10.4 Å². The van der Waals surface area contributed by atoms with Crippen LogP contribution >= 0.6 is 23.2 Å². The zero-order valence-corrected chi connectivity index (χ0v) is 20.9. The van der Waals surface area contributed by atoms with Crippen LogP contribution in [0.1, 0.15) is 21.7 Å². The van der Waals surface area contributed by atoms with Gasteiger partial charge in [-0.1, -0.05) is 53.5 Å². The van der Waals surface area contributed by atoms with Gasteiger partial charge in [0.05, 0.1) is 22.2 Å². The van der Waals surface area contributed by atoms with Gasteiger partial charge in [-0.2, -0.15) is 18.3 Å². The van der Waals surface area contributed by atoms with E-state index in [1.165, 1.54) is 12.1 Å². The molecule has 0 saturated carbocycles. The van der Waals surface area contributed by atoms with Crippen LogP contribution in [-0.2, 0) is 12.8 Å². The Morgan fingerprint density at radius 2 is 1.55 bits per heavy atom. The third-order valence-corrected chi connectivity index (χ3v) is 6.00. The zero-order chi connectivity index (χ0) is 27.4. The van der Waals surface area contributed by atoms with Crippen molar-refractivity contribution >= 4 is 36.2 Å². The predicted octanol–water partition coefficient (Wildman–Crippen LogP) is 5.19. The van der Waals surface area contributed by atoms with Gasteiger partial charge >= 0.3 is 13.3 Å². The van der Waals surface area contributed by atoms with Gasteiger partial charge in [0, 0.05) is 5.56 Å². The summed E-state index contributed by atoms with van der Waals surface area (Å²) in [4.78, 5) is 12.0. The number of aromatic nitrogens is 2. The summed E-state index contributed by atoms with van der Waals surface area (Å²) in [5, 5.41) is 24.0. The van der Waals surface area contributed by atoms with E-state index >= 15 is 0 Å². The summed E-state index contributed by atoms with van der Waals surface area (Å²) in [7, 11) is -1.64. The summed E-state index contributed by atoms with van der Waals surface area (Å²) in [5.41, 5.74) is 1.07. The SMILES string of the molecule is O=C(NCB(O)O)c1ccc(-c2ccc(OCc3cc(C(F)(F)F)nn3-c3c(Cl)cccc3Cl)cc2)cc1. The number of nitrogens with one attached hydrogen (secondary N) is 1. The van der Waals surface area contributed by atoms with Crippen molar-refractivity contribution in [2.24, 2.45) is 0 Å². The highest BCUT2D eigenvalue weighted by molar-refractivity contribution is 6.41. The monoisotopic (exact) mass is 563 g/mol. The summed E-state index contributed by atoms with van der Waals surface area (Å²) < 4.78 is 46.9. The fraction of sp³-hybridized carbons (Fsp3) is 0.120. The number of benzene rings is 3. The van der Waals surface area contributed by atoms with Gasteiger partial charge in [-0.25, -0.2) is 4.68 Å². The van der Waals surface area contributed by atoms with E-state index in [4.69, 9.17) is 38.0 Å². The van der Waals surface area contributed by atoms with Gasteiger partial charge in [0.2, 0.25) is 0 Å². The Morgan fingerprint density at radius 3 is 2.11 bits per heavy atom. The van der Waals surface area contributed by atoms with Gasteiger partial charge in [-0.15, -0.1) is 0 Å². The minimum Gasteiger partial charge on any atom is -0.487 e. The molecule has 0 fully saturated rings. The molecule has 0 spiro atoms. The molecule has 3 aromatic carbocycles. The molecule has 1 aromatic heterocycles. The lowest BCUT2D eigenvalue weighted by atomic mass is 9.92. The zero-order valence-electron chi connectivity index (χ0n) is 19.4. The van der Waals surface area contributed by atoms with Crippen molar-refractivity contribution in [3.8, 4) is 22.6 Å². The molecule has 0 aliphatic carbocycles. The molecule has 0 radical (unpaired) electrons. The van der Waals surface area contributed by atoms with Gasteiger partial charge in [0.15, 0.2) is 5.69 Å². The van der Waals surface area contributed by atoms with Crippen molar-refractivity contribution in [2.45, 2.75) is 12.8 Å². The van der Waals surface area contributed by atoms with E-state index in [0.717, 1.165) is 21.9 Å². The maximum Gasteiger partial charge on any atom is 0.472 e. The van der Waals surface area contributed by atoms with E-state index in [9.17, 15) is 18.0 Å². The lowest BCUT2D eigenvalue weighted by Crippen LogP contribution is -2.34. The van der Waals surface area contributed by atoms with Gasteiger partial charge < -0.3 is 20.1 Å². The number of rotatable bonds is 8. The minimum absolute atomic E-state index is 0.0963. The molecule has 0 bridgehead atoms. The molecule has 0 atom stereocenters. The third-order valence-electron chi connectivity index (χ3n) is 5.39. The van der Waals surface area contributed by atoms with Crippen LogP contribution < -0.4 is 10.1 Å². The van der Waals surface area contributed by atoms with Crippen molar-refractivity contribution in [3.63, 3.8) is 0 Å². The Morgan fingerprint density at radius 1 is 0.974 bits per heavy atom. The first kappa shape index (κ1) is 27.5. The summed E-state index contributed by atoms with van der Waals surface area (Å²) in [5.74, 6) is -0.0433. The molecular formula is C25H19BCl2F3N3O4. The first-order valence-electron chi connectivity index (χ1n) is 11.1. The number of nitrogens with zero attached hydrogens (tertiary/aromatic N) is 2. The quantitative estimate of drug-likeness (QED) is 0.257. The number of hydrogen-bond acceptors (Lipinski definition) is 5. The molecule has 0 unspecified atom stereocenters. The van der Waals surface area contributed by atoms with E-state index in [1.807, 2.05) is 0 Å². The molecule has 4 aromatic rings. The molecule has 7 nitrogen and oxygen atoms in total. The largest absolute Gasteiger partial charge is 0.487 e. The van der Waals surface area contributed by atoms with Crippen molar-refractivity contribution in [3.05, 3.63) is 99.8 Å². The number of hydrogen-bond donors (Lipinski definition) is 3. The number of amides is 1. The smallest absolute Gasteiger partial charge is 0.472 e. The maximum absolute atomic E-state index is 13.4. The maximum atomic E-state index is 13.4. The number of halogens is 5. The molecule has 3 N–H and O–H groups in total. The molecule has 4 rings (SSSR count). The highest BCUT2D eigenvalue weighted by atomic mass is 35.5. The first-order valence-corrected chi connectivity index (χ1v) is 11.9. The number of carbonyl (C=O) groups excluding carboxylic acids is 1. The van der Waals surface area contributed by atoms with Crippen LogP contribution in [0.15, 0.2) is 72.8 Å². The molecule has 196 valence electrons. The average molecular weight is 564 g/mol. The Balaban J connectivity index is 1.49. The van der Waals surface area contributed by atoms with E-state index in [0.29, 0.717) is 11.3 Å². The lowest BCUT2D eigenvalue weighted by Gasteiger charge is -2.12. The van der Waals surface area contributed by atoms with Crippen molar-refractivity contribution in [1.29, 1.82) is 0 Å². The molecule has 1 amide bonds. The molecule has 0 aliphatic rings. The highest BCUT2D eigenvalue weighted by Gasteiger charge is 2.35. The van der Waals surface area contributed by atoms with E-state index < -0.39 is 24.9 Å². The Bertz CT molecular complexity index is 1410. The van der Waals surface area contributed by atoms with Gasteiger partial charge in [-0.05, 0) is 53.6 Å².